The molecule has 0 aromatic heterocycles. The molecule has 0 amide bonds. The van der Waals surface area contributed by atoms with E-state index in [1.54, 1.807) is 0 Å². The second-order valence-electron chi connectivity index (χ2n) is 4.72. The first-order chi connectivity index (χ1) is 8.11. The third-order valence-electron chi connectivity index (χ3n) is 3.61. The summed E-state index contributed by atoms with van der Waals surface area (Å²) in [5, 5.41) is 9.58. The van der Waals surface area contributed by atoms with Gasteiger partial charge in [0.05, 0.1) is 0 Å². The summed E-state index contributed by atoms with van der Waals surface area (Å²) >= 11 is 0. The molecule has 0 saturated heterocycles. The number of hydrogen-bond donors (Lipinski definition) is 2. The zero-order valence-electron chi connectivity index (χ0n) is 9.63. The summed E-state index contributed by atoms with van der Waals surface area (Å²) < 4.78 is 26.8. The van der Waals surface area contributed by atoms with Gasteiger partial charge in [0.1, 0.15) is 5.82 Å². The molecule has 0 heterocycles. The molecular weight excluding hydrogens is 224 g/mol. The van der Waals surface area contributed by atoms with Gasteiger partial charge in [0.15, 0.2) is 11.6 Å². The van der Waals surface area contributed by atoms with Crippen LogP contribution < -0.4 is 5.73 Å². The monoisotopic (exact) mass is 241 g/mol. The minimum Gasteiger partial charge on any atom is -0.505 e. The van der Waals surface area contributed by atoms with E-state index in [4.69, 9.17) is 5.73 Å². The fourth-order valence-electron chi connectivity index (χ4n) is 2.60. The summed E-state index contributed by atoms with van der Waals surface area (Å²) in [6.07, 6.45) is 5.13. The van der Waals surface area contributed by atoms with Gasteiger partial charge in [-0.05, 0) is 30.9 Å². The van der Waals surface area contributed by atoms with E-state index in [0.717, 1.165) is 37.8 Å². The minimum absolute atomic E-state index is 0.0723. The number of halogens is 2. The Labute approximate surface area is 99.4 Å². The highest BCUT2D eigenvalue weighted by molar-refractivity contribution is 5.37. The van der Waals surface area contributed by atoms with Gasteiger partial charge < -0.3 is 10.8 Å². The number of benzene rings is 1. The van der Waals surface area contributed by atoms with Crippen molar-refractivity contribution in [2.24, 2.45) is 11.7 Å². The average Bonchev–Trinajstić information content (AvgIpc) is 2.35. The predicted molar refractivity (Wildman–Crippen MR) is 61.5 cm³/mol. The van der Waals surface area contributed by atoms with Crippen molar-refractivity contribution in [3.63, 3.8) is 0 Å². The lowest BCUT2D eigenvalue weighted by Gasteiger charge is -2.28. The Hall–Kier alpha value is -1.16. The van der Waals surface area contributed by atoms with Crippen molar-refractivity contribution < 1.29 is 13.9 Å². The molecule has 1 aliphatic rings. The number of phenols is 1. The van der Waals surface area contributed by atoms with E-state index in [1.807, 2.05) is 0 Å². The number of nitrogens with two attached hydrogens (primary N) is 1. The summed E-state index contributed by atoms with van der Waals surface area (Å²) in [7, 11) is 0. The smallest absolute Gasteiger partial charge is 0.165 e. The number of hydrogen-bond acceptors (Lipinski definition) is 2. The molecule has 0 radical (unpaired) electrons. The molecule has 1 aromatic carbocycles. The average molecular weight is 241 g/mol. The molecule has 1 atom stereocenters. The summed E-state index contributed by atoms with van der Waals surface area (Å²) in [5.41, 5.74) is 5.90. The van der Waals surface area contributed by atoms with Gasteiger partial charge in [-0.15, -0.1) is 0 Å². The fourth-order valence-corrected chi connectivity index (χ4v) is 2.60. The molecular formula is C13H17F2NO. The lowest BCUT2D eigenvalue weighted by atomic mass is 9.81. The first kappa shape index (κ1) is 12.3. The Balaban J connectivity index is 2.29. The van der Waals surface area contributed by atoms with Crippen LogP contribution in [0.15, 0.2) is 12.1 Å². The van der Waals surface area contributed by atoms with Crippen molar-refractivity contribution in [3.05, 3.63) is 29.3 Å². The van der Waals surface area contributed by atoms with Crippen LogP contribution in [0.2, 0.25) is 0 Å². The van der Waals surface area contributed by atoms with Crippen LogP contribution in [-0.2, 0) is 0 Å². The maximum absolute atomic E-state index is 13.6. The second-order valence-corrected chi connectivity index (χ2v) is 4.72. The Bertz CT molecular complexity index is 403. The summed E-state index contributed by atoms with van der Waals surface area (Å²) in [6.45, 7) is 0. The molecule has 2 nitrogen and oxygen atoms in total. The van der Waals surface area contributed by atoms with E-state index < -0.39 is 23.4 Å². The van der Waals surface area contributed by atoms with Crippen molar-refractivity contribution in [2.75, 3.05) is 0 Å². The first-order valence-corrected chi connectivity index (χ1v) is 6.03. The van der Waals surface area contributed by atoms with E-state index in [0.29, 0.717) is 0 Å². The molecule has 0 spiro atoms. The Morgan fingerprint density at radius 2 is 1.71 bits per heavy atom. The van der Waals surface area contributed by atoms with E-state index >= 15 is 0 Å². The third kappa shape index (κ3) is 2.41. The zero-order valence-corrected chi connectivity index (χ0v) is 9.63. The first-order valence-electron chi connectivity index (χ1n) is 6.03. The Kier molecular flexibility index (Phi) is 3.62. The van der Waals surface area contributed by atoms with Crippen LogP contribution >= 0.6 is 0 Å². The summed E-state index contributed by atoms with van der Waals surface area (Å²) in [4.78, 5) is 0. The fraction of sp³-hybridized carbons (Fsp3) is 0.538. The molecule has 17 heavy (non-hydrogen) atoms. The van der Waals surface area contributed by atoms with E-state index in [1.165, 1.54) is 6.42 Å². The highest BCUT2D eigenvalue weighted by Gasteiger charge is 2.27. The molecule has 4 heteroatoms. The van der Waals surface area contributed by atoms with Crippen LogP contribution in [-0.4, -0.2) is 5.11 Å². The van der Waals surface area contributed by atoms with Gasteiger partial charge in [-0.25, -0.2) is 8.78 Å². The normalized spacial score (nSPS) is 19.2. The lowest BCUT2D eigenvalue weighted by molar-refractivity contribution is 0.295. The van der Waals surface area contributed by atoms with Crippen molar-refractivity contribution in [3.8, 4) is 5.75 Å². The van der Waals surface area contributed by atoms with Crippen LogP contribution in [0.3, 0.4) is 0 Å². The maximum atomic E-state index is 13.6. The predicted octanol–water partition coefficient (Wildman–Crippen LogP) is 3.25. The molecule has 2 rings (SSSR count). The highest BCUT2D eigenvalue weighted by Crippen LogP contribution is 2.38. The molecule has 0 bridgehead atoms. The molecule has 0 aliphatic heterocycles. The molecule has 1 aromatic rings. The van der Waals surface area contributed by atoms with Crippen molar-refractivity contribution in [1.29, 1.82) is 0 Å². The lowest BCUT2D eigenvalue weighted by Crippen LogP contribution is -2.24. The topological polar surface area (TPSA) is 46.2 Å². The highest BCUT2D eigenvalue weighted by atomic mass is 19.1. The maximum Gasteiger partial charge on any atom is 0.165 e. The molecule has 3 N–H and O–H groups in total. The summed E-state index contributed by atoms with van der Waals surface area (Å²) in [5.74, 6) is -1.94. The van der Waals surface area contributed by atoms with Crippen molar-refractivity contribution in [1.82, 2.24) is 0 Å². The number of rotatable bonds is 2. The SMILES string of the molecule is N[C@H](c1c(F)ccc(F)c1O)C1CCCCC1. The van der Waals surface area contributed by atoms with Crippen LogP contribution in [0.25, 0.3) is 0 Å². The van der Waals surface area contributed by atoms with Crippen molar-refractivity contribution >= 4 is 0 Å². The zero-order chi connectivity index (χ0) is 12.4. The van der Waals surface area contributed by atoms with E-state index in [2.05, 4.69) is 0 Å². The van der Waals surface area contributed by atoms with Gasteiger partial charge in [-0.3, -0.25) is 0 Å². The van der Waals surface area contributed by atoms with Crippen molar-refractivity contribution in [2.45, 2.75) is 38.1 Å². The van der Waals surface area contributed by atoms with E-state index in [9.17, 15) is 13.9 Å². The van der Waals surface area contributed by atoms with Gasteiger partial charge in [-0.1, -0.05) is 19.3 Å². The van der Waals surface area contributed by atoms with Gasteiger partial charge in [-0.2, -0.15) is 0 Å². The van der Waals surface area contributed by atoms with Gasteiger partial charge in [0, 0.05) is 11.6 Å². The van der Waals surface area contributed by atoms with Gasteiger partial charge in [0.2, 0.25) is 0 Å². The Morgan fingerprint density at radius 3 is 2.35 bits per heavy atom. The minimum atomic E-state index is -0.812. The number of aromatic hydroxyl groups is 1. The second kappa shape index (κ2) is 5.00. The van der Waals surface area contributed by atoms with E-state index in [-0.39, 0.29) is 11.5 Å². The van der Waals surface area contributed by atoms with Gasteiger partial charge >= 0.3 is 0 Å². The van der Waals surface area contributed by atoms with Gasteiger partial charge in [0.25, 0.3) is 0 Å². The standard InChI is InChI=1S/C13H17F2NO/c14-9-6-7-10(15)13(17)11(9)12(16)8-4-2-1-3-5-8/h6-8,12,17H,1-5,16H2/t12-/m0/s1. The van der Waals surface area contributed by atoms with Crippen LogP contribution in [0.5, 0.6) is 5.75 Å². The summed E-state index contributed by atoms with van der Waals surface area (Å²) in [6, 6.07) is 1.32. The van der Waals surface area contributed by atoms with Crippen LogP contribution in [0, 0.1) is 17.6 Å². The molecule has 0 unspecified atom stereocenters. The quantitative estimate of drug-likeness (QED) is 0.834. The molecule has 94 valence electrons. The molecule has 1 saturated carbocycles. The third-order valence-corrected chi connectivity index (χ3v) is 3.61. The molecule has 1 aliphatic carbocycles. The Morgan fingerprint density at radius 1 is 1.12 bits per heavy atom. The van der Waals surface area contributed by atoms with Crippen LogP contribution in [0.4, 0.5) is 8.78 Å². The number of phenolic OH excluding ortho intramolecular Hbond substituents is 1. The largest absolute Gasteiger partial charge is 0.505 e. The van der Waals surface area contributed by atoms with Crippen LogP contribution in [0.1, 0.15) is 43.7 Å². The molecule has 1 fully saturated rings.